The standard InChI is InChI=1S/C16H34O3Si2/c1-9-10-11-12-13-15(18-20(3,4)5)14-16(17-2)19-21(6,7)8/h13-14H,9-12H2,1-8H3/b15-13-,16-14+. The molecular formula is C16H34O3Si2. The van der Waals surface area contributed by atoms with E-state index in [4.69, 9.17) is 13.6 Å². The predicted octanol–water partition coefficient (Wildman–Crippen LogP) is 5.64. The molecule has 21 heavy (non-hydrogen) atoms. The van der Waals surface area contributed by atoms with E-state index >= 15 is 0 Å². The highest BCUT2D eigenvalue weighted by Gasteiger charge is 2.20. The molecule has 0 radical (unpaired) electrons. The number of hydrogen-bond donors (Lipinski definition) is 0. The molecule has 0 atom stereocenters. The maximum atomic E-state index is 6.14. The number of rotatable bonds is 10. The quantitative estimate of drug-likeness (QED) is 0.224. The predicted molar refractivity (Wildman–Crippen MR) is 96.2 cm³/mol. The Morgan fingerprint density at radius 2 is 1.48 bits per heavy atom. The lowest BCUT2D eigenvalue weighted by Crippen LogP contribution is -2.26. The third-order valence-corrected chi connectivity index (χ3v) is 4.11. The Hall–Kier alpha value is -0.686. The van der Waals surface area contributed by atoms with Crippen LogP contribution in [0.15, 0.2) is 23.9 Å². The summed E-state index contributed by atoms with van der Waals surface area (Å²) in [5.41, 5.74) is 0. The van der Waals surface area contributed by atoms with Gasteiger partial charge < -0.3 is 13.6 Å². The van der Waals surface area contributed by atoms with Crippen LogP contribution in [0.1, 0.15) is 32.6 Å². The molecule has 0 aromatic rings. The van der Waals surface area contributed by atoms with Crippen molar-refractivity contribution in [1.29, 1.82) is 0 Å². The SMILES string of the molecule is CCCCC/C=C(/C=C(\OC)O[Si](C)(C)C)O[Si](C)(C)C. The Morgan fingerprint density at radius 1 is 0.905 bits per heavy atom. The number of hydrogen-bond acceptors (Lipinski definition) is 3. The van der Waals surface area contributed by atoms with Gasteiger partial charge in [0, 0.05) is 0 Å². The zero-order valence-corrected chi connectivity index (χ0v) is 17.2. The summed E-state index contributed by atoms with van der Waals surface area (Å²) in [4.78, 5) is 0. The largest absolute Gasteiger partial charge is 0.544 e. The van der Waals surface area contributed by atoms with Crippen molar-refractivity contribution >= 4 is 16.6 Å². The molecule has 0 saturated heterocycles. The fourth-order valence-corrected chi connectivity index (χ4v) is 3.27. The molecule has 0 amide bonds. The fourth-order valence-electron chi connectivity index (χ4n) is 1.67. The Labute approximate surface area is 133 Å². The Kier molecular flexibility index (Phi) is 9.05. The summed E-state index contributed by atoms with van der Waals surface area (Å²) < 4.78 is 17.4. The molecule has 0 aliphatic heterocycles. The molecule has 3 nitrogen and oxygen atoms in total. The Balaban J connectivity index is 4.99. The van der Waals surface area contributed by atoms with E-state index in [-0.39, 0.29) is 0 Å². The van der Waals surface area contributed by atoms with Crippen LogP contribution < -0.4 is 0 Å². The Bertz CT molecular complexity index is 350. The van der Waals surface area contributed by atoms with Gasteiger partial charge in [0.2, 0.25) is 16.6 Å². The first-order valence-electron chi connectivity index (χ1n) is 7.91. The van der Waals surface area contributed by atoms with Gasteiger partial charge in [-0.05, 0) is 58.2 Å². The van der Waals surface area contributed by atoms with Crippen LogP contribution in [0.25, 0.3) is 0 Å². The minimum absolute atomic E-state index is 0.564. The van der Waals surface area contributed by atoms with Crippen molar-refractivity contribution in [3.05, 3.63) is 23.9 Å². The van der Waals surface area contributed by atoms with Gasteiger partial charge >= 0.3 is 0 Å². The van der Waals surface area contributed by atoms with Crippen LogP contribution in [0.5, 0.6) is 0 Å². The first kappa shape index (κ1) is 20.3. The molecule has 0 aromatic heterocycles. The normalized spacial score (nSPS) is 14.1. The van der Waals surface area contributed by atoms with Crippen molar-refractivity contribution in [2.24, 2.45) is 0 Å². The number of unbranched alkanes of at least 4 members (excludes halogenated alkanes) is 3. The van der Waals surface area contributed by atoms with Crippen LogP contribution >= 0.6 is 0 Å². The van der Waals surface area contributed by atoms with Crippen LogP contribution in [0.3, 0.4) is 0 Å². The lowest BCUT2D eigenvalue weighted by Gasteiger charge is -2.23. The van der Waals surface area contributed by atoms with E-state index in [1.54, 1.807) is 7.11 Å². The van der Waals surface area contributed by atoms with Gasteiger partial charge in [-0.1, -0.05) is 19.8 Å². The zero-order valence-electron chi connectivity index (χ0n) is 15.2. The lowest BCUT2D eigenvalue weighted by molar-refractivity contribution is 0.145. The number of ether oxygens (including phenoxy) is 1. The zero-order chi connectivity index (χ0) is 16.5. The first-order valence-corrected chi connectivity index (χ1v) is 14.7. The molecule has 0 spiro atoms. The Morgan fingerprint density at radius 3 is 1.90 bits per heavy atom. The fraction of sp³-hybridized carbons (Fsp3) is 0.750. The van der Waals surface area contributed by atoms with Crippen LogP contribution in [0.4, 0.5) is 0 Å². The van der Waals surface area contributed by atoms with Gasteiger partial charge in [-0.25, -0.2) is 0 Å². The van der Waals surface area contributed by atoms with Crippen LogP contribution in [-0.2, 0) is 13.6 Å². The number of methoxy groups -OCH3 is 1. The molecule has 0 N–H and O–H groups in total. The molecule has 124 valence electrons. The maximum absolute atomic E-state index is 6.14. The summed E-state index contributed by atoms with van der Waals surface area (Å²) in [6.07, 6.45) is 8.79. The van der Waals surface area contributed by atoms with Crippen molar-refractivity contribution in [1.82, 2.24) is 0 Å². The van der Waals surface area contributed by atoms with E-state index in [9.17, 15) is 0 Å². The van der Waals surface area contributed by atoms with E-state index < -0.39 is 16.6 Å². The summed E-state index contributed by atoms with van der Waals surface area (Å²) in [6, 6.07) is 0. The van der Waals surface area contributed by atoms with E-state index in [1.807, 2.05) is 6.08 Å². The summed E-state index contributed by atoms with van der Waals surface area (Å²) in [6.45, 7) is 15.2. The second-order valence-electron chi connectivity index (χ2n) is 7.20. The minimum atomic E-state index is -1.68. The van der Waals surface area contributed by atoms with Crippen molar-refractivity contribution < 1.29 is 13.6 Å². The average Bonchev–Trinajstić information content (AvgIpc) is 2.30. The van der Waals surface area contributed by atoms with Gasteiger partial charge in [0.25, 0.3) is 5.95 Å². The average molecular weight is 331 g/mol. The van der Waals surface area contributed by atoms with Crippen molar-refractivity contribution in [3.8, 4) is 0 Å². The molecule has 5 heteroatoms. The van der Waals surface area contributed by atoms with Crippen LogP contribution in [0.2, 0.25) is 39.3 Å². The summed E-state index contributed by atoms with van der Waals surface area (Å²) >= 11 is 0. The molecule has 0 aromatic carbocycles. The molecule has 0 aliphatic carbocycles. The van der Waals surface area contributed by atoms with Gasteiger partial charge in [0.1, 0.15) is 5.76 Å². The smallest absolute Gasteiger partial charge is 0.268 e. The highest BCUT2D eigenvalue weighted by molar-refractivity contribution is 6.70. The molecule has 0 fully saturated rings. The highest BCUT2D eigenvalue weighted by Crippen LogP contribution is 2.18. The van der Waals surface area contributed by atoms with E-state index in [1.165, 1.54) is 19.3 Å². The minimum Gasteiger partial charge on any atom is -0.544 e. The van der Waals surface area contributed by atoms with Gasteiger partial charge in [-0.3, -0.25) is 0 Å². The summed E-state index contributed by atoms with van der Waals surface area (Å²) in [7, 11) is -1.67. The van der Waals surface area contributed by atoms with Gasteiger partial charge in [-0.2, -0.15) is 0 Å². The molecule has 0 bridgehead atoms. The molecule has 0 saturated carbocycles. The summed E-state index contributed by atoms with van der Waals surface area (Å²) in [5.74, 6) is 1.45. The van der Waals surface area contributed by atoms with Gasteiger partial charge in [0.05, 0.1) is 13.2 Å². The second-order valence-corrected chi connectivity index (χ2v) is 16.1. The second kappa shape index (κ2) is 9.36. The van der Waals surface area contributed by atoms with E-state index in [0.29, 0.717) is 5.95 Å². The molecule has 0 aliphatic rings. The van der Waals surface area contributed by atoms with Crippen LogP contribution in [0, 0.1) is 0 Å². The molecule has 0 unspecified atom stereocenters. The number of allylic oxidation sites excluding steroid dienone is 2. The van der Waals surface area contributed by atoms with Crippen molar-refractivity contribution in [3.63, 3.8) is 0 Å². The van der Waals surface area contributed by atoms with E-state index in [2.05, 4.69) is 52.3 Å². The summed E-state index contributed by atoms with van der Waals surface area (Å²) in [5, 5.41) is 0. The third-order valence-electron chi connectivity index (χ3n) is 2.45. The highest BCUT2D eigenvalue weighted by atomic mass is 28.4. The van der Waals surface area contributed by atoms with Crippen molar-refractivity contribution in [2.45, 2.75) is 71.9 Å². The van der Waals surface area contributed by atoms with Gasteiger partial charge in [0.15, 0.2) is 0 Å². The van der Waals surface area contributed by atoms with Crippen molar-refractivity contribution in [2.75, 3.05) is 7.11 Å². The molecule has 0 rings (SSSR count). The van der Waals surface area contributed by atoms with E-state index in [0.717, 1.165) is 12.2 Å². The molecular weight excluding hydrogens is 296 g/mol. The first-order chi connectivity index (χ1) is 9.57. The lowest BCUT2D eigenvalue weighted by atomic mass is 10.2. The monoisotopic (exact) mass is 330 g/mol. The third kappa shape index (κ3) is 12.7. The van der Waals surface area contributed by atoms with Gasteiger partial charge in [-0.15, -0.1) is 0 Å². The topological polar surface area (TPSA) is 27.7 Å². The maximum Gasteiger partial charge on any atom is 0.268 e. The van der Waals surface area contributed by atoms with Crippen LogP contribution in [-0.4, -0.2) is 23.7 Å². The molecule has 0 heterocycles.